The van der Waals surface area contributed by atoms with E-state index in [1.54, 1.807) is 29.7 Å². The van der Waals surface area contributed by atoms with Gasteiger partial charge in [0.1, 0.15) is 11.5 Å². The van der Waals surface area contributed by atoms with E-state index < -0.39 is 4.92 Å². The predicted molar refractivity (Wildman–Crippen MR) is 95.3 cm³/mol. The number of amides is 1. The first kappa shape index (κ1) is 16.6. The quantitative estimate of drug-likeness (QED) is 0.418. The van der Waals surface area contributed by atoms with Crippen LogP contribution >= 0.6 is 11.3 Å². The van der Waals surface area contributed by atoms with Gasteiger partial charge in [0.15, 0.2) is 5.13 Å². The Balaban J connectivity index is 1.65. The van der Waals surface area contributed by atoms with Gasteiger partial charge in [0, 0.05) is 29.2 Å². The lowest BCUT2D eigenvalue weighted by Crippen LogP contribution is -2.07. The Bertz CT molecular complexity index is 941. The van der Waals surface area contributed by atoms with Crippen LogP contribution in [0.4, 0.5) is 10.8 Å². The highest BCUT2D eigenvalue weighted by atomic mass is 32.1. The number of nitro groups is 1. The topological polar surface area (TPSA) is 98.3 Å². The van der Waals surface area contributed by atoms with Gasteiger partial charge in [0.25, 0.3) is 5.69 Å². The summed E-state index contributed by atoms with van der Waals surface area (Å²) >= 11 is 1.27. The molecule has 1 amide bonds. The second-order valence-electron chi connectivity index (χ2n) is 5.11. The fourth-order valence-corrected chi connectivity index (χ4v) is 2.79. The number of carbonyl (C=O) groups excluding carboxylic acids is 1. The molecule has 25 heavy (non-hydrogen) atoms. The van der Waals surface area contributed by atoms with Crippen molar-refractivity contribution in [3.8, 4) is 11.3 Å². The highest BCUT2D eigenvalue weighted by Gasteiger charge is 2.09. The second kappa shape index (κ2) is 7.10. The maximum Gasteiger partial charge on any atom is 0.269 e. The number of nitrogens with one attached hydrogen (secondary N) is 1. The number of anilines is 1. The molecule has 0 aliphatic carbocycles. The highest BCUT2D eigenvalue weighted by Crippen LogP contribution is 2.26. The molecule has 0 unspecified atom stereocenters. The predicted octanol–water partition coefficient (Wildman–Crippen LogP) is 4.27. The van der Waals surface area contributed by atoms with E-state index in [1.807, 2.05) is 13.0 Å². The molecule has 126 valence electrons. The summed E-state index contributed by atoms with van der Waals surface area (Å²) in [5, 5.41) is 15.6. The normalized spacial score (nSPS) is 10.9. The molecule has 2 heterocycles. The number of benzene rings is 1. The van der Waals surface area contributed by atoms with Crippen LogP contribution in [0.15, 0.2) is 52.3 Å². The van der Waals surface area contributed by atoms with Crippen LogP contribution < -0.4 is 5.32 Å². The third-order valence-electron chi connectivity index (χ3n) is 3.27. The van der Waals surface area contributed by atoms with Crippen molar-refractivity contribution in [3.63, 3.8) is 0 Å². The number of hydrogen-bond donors (Lipinski definition) is 1. The third-order valence-corrected chi connectivity index (χ3v) is 4.03. The zero-order valence-corrected chi connectivity index (χ0v) is 13.9. The molecule has 3 rings (SSSR count). The van der Waals surface area contributed by atoms with Gasteiger partial charge in [0.2, 0.25) is 5.91 Å². The van der Waals surface area contributed by atoms with Crippen molar-refractivity contribution in [2.24, 2.45) is 0 Å². The van der Waals surface area contributed by atoms with Crippen molar-refractivity contribution in [1.29, 1.82) is 0 Å². The Morgan fingerprint density at radius 2 is 2.04 bits per heavy atom. The van der Waals surface area contributed by atoms with E-state index in [-0.39, 0.29) is 11.6 Å². The van der Waals surface area contributed by atoms with Crippen molar-refractivity contribution in [2.45, 2.75) is 6.92 Å². The monoisotopic (exact) mass is 355 g/mol. The van der Waals surface area contributed by atoms with Gasteiger partial charge in [-0.15, -0.1) is 11.3 Å². The van der Waals surface area contributed by atoms with Crippen molar-refractivity contribution in [3.05, 3.63) is 69.5 Å². The zero-order valence-electron chi connectivity index (χ0n) is 13.1. The maximum absolute atomic E-state index is 11.9. The molecule has 0 saturated carbocycles. The molecule has 0 aliphatic rings. The minimum atomic E-state index is -0.455. The van der Waals surface area contributed by atoms with E-state index in [4.69, 9.17) is 4.42 Å². The minimum absolute atomic E-state index is 0.0193. The number of hydrogen-bond acceptors (Lipinski definition) is 6. The van der Waals surface area contributed by atoms with Gasteiger partial charge >= 0.3 is 0 Å². The number of aromatic nitrogens is 1. The van der Waals surface area contributed by atoms with Crippen molar-refractivity contribution >= 4 is 34.1 Å². The number of rotatable bonds is 5. The summed E-state index contributed by atoms with van der Waals surface area (Å²) < 4.78 is 5.34. The molecule has 1 N–H and O–H groups in total. The number of thiazole rings is 1. The first-order valence-corrected chi connectivity index (χ1v) is 8.15. The van der Waals surface area contributed by atoms with E-state index in [1.165, 1.54) is 29.5 Å². The average Bonchev–Trinajstić information content (AvgIpc) is 3.22. The number of nitro benzene ring substituents is 1. The van der Waals surface area contributed by atoms with Gasteiger partial charge in [-0.3, -0.25) is 20.2 Å². The van der Waals surface area contributed by atoms with Gasteiger partial charge in [0.05, 0.1) is 10.6 Å². The number of carbonyl (C=O) groups is 1. The smallest absolute Gasteiger partial charge is 0.269 e. The van der Waals surface area contributed by atoms with E-state index in [2.05, 4.69) is 10.3 Å². The van der Waals surface area contributed by atoms with Crippen LogP contribution in [0.5, 0.6) is 0 Å². The van der Waals surface area contributed by atoms with Crippen LogP contribution in [0.1, 0.15) is 11.5 Å². The summed E-state index contributed by atoms with van der Waals surface area (Å²) in [7, 11) is 0. The van der Waals surface area contributed by atoms with Gasteiger partial charge in [-0.25, -0.2) is 4.98 Å². The average molecular weight is 355 g/mol. The van der Waals surface area contributed by atoms with Gasteiger partial charge in [-0.1, -0.05) is 0 Å². The molecule has 0 radical (unpaired) electrons. The van der Waals surface area contributed by atoms with Crippen molar-refractivity contribution in [2.75, 3.05) is 5.32 Å². The van der Waals surface area contributed by atoms with Crippen LogP contribution in [-0.4, -0.2) is 15.8 Å². The van der Waals surface area contributed by atoms with Crippen LogP contribution in [0.2, 0.25) is 0 Å². The lowest BCUT2D eigenvalue weighted by molar-refractivity contribution is -0.384. The highest BCUT2D eigenvalue weighted by molar-refractivity contribution is 7.14. The Morgan fingerprint density at radius 3 is 2.68 bits per heavy atom. The molecule has 0 saturated heterocycles. The summed E-state index contributed by atoms with van der Waals surface area (Å²) in [5.41, 5.74) is 1.40. The van der Waals surface area contributed by atoms with E-state index in [9.17, 15) is 14.9 Å². The standard InChI is InChI=1S/C17H13N3O4S/c1-11-2-7-14(24-11)8-9-16(21)19-17-18-15(10-25-17)12-3-5-13(6-4-12)20(22)23/h2-10H,1H3,(H,18,19,21). The molecular formula is C17H13N3O4S. The van der Waals surface area contributed by atoms with E-state index in [0.29, 0.717) is 16.6 Å². The summed E-state index contributed by atoms with van der Waals surface area (Å²) in [6.45, 7) is 1.83. The number of non-ortho nitro benzene ring substituents is 1. The lowest BCUT2D eigenvalue weighted by atomic mass is 10.1. The van der Waals surface area contributed by atoms with Crippen LogP contribution in [0.25, 0.3) is 17.3 Å². The summed E-state index contributed by atoms with van der Waals surface area (Å²) in [6.07, 6.45) is 2.94. The van der Waals surface area contributed by atoms with Crippen molar-refractivity contribution < 1.29 is 14.1 Å². The summed E-state index contributed by atoms with van der Waals surface area (Å²) in [4.78, 5) is 26.4. The summed E-state index contributed by atoms with van der Waals surface area (Å²) in [6, 6.07) is 9.67. The summed E-state index contributed by atoms with van der Waals surface area (Å²) in [5.74, 6) is 1.05. The Hall–Kier alpha value is -3.26. The molecule has 0 atom stereocenters. The molecule has 7 nitrogen and oxygen atoms in total. The maximum atomic E-state index is 11.9. The molecule has 0 aliphatic heterocycles. The van der Waals surface area contributed by atoms with Gasteiger partial charge < -0.3 is 4.42 Å². The van der Waals surface area contributed by atoms with Crippen LogP contribution in [0, 0.1) is 17.0 Å². The van der Waals surface area contributed by atoms with Crippen molar-refractivity contribution in [1.82, 2.24) is 4.98 Å². The van der Waals surface area contributed by atoms with Gasteiger partial charge in [-0.05, 0) is 37.3 Å². The second-order valence-corrected chi connectivity index (χ2v) is 5.97. The Labute approximate surface area is 146 Å². The first-order chi connectivity index (χ1) is 12.0. The SMILES string of the molecule is Cc1ccc(C=CC(=O)Nc2nc(-c3ccc([N+](=O)[O-])cc3)cs2)o1. The minimum Gasteiger partial charge on any atom is -0.462 e. The fourth-order valence-electron chi connectivity index (χ4n) is 2.07. The molecule has 0 fully saturated rings. The largest absolute Gasteiger partial charge is 0.462 e. The van der Waals surface area contributed by atoms with Crippen LogP contribution in [-0.2, 0) is 4.79 Å². The molecule has 8 heteroatoms. The van der Waals surface area contributed by atoms with Gasteiger partial charge in [-0.2, -0.15) is 0 Å². The number of nitrogens with zero attached hydrogens (tertiary/aromatic N) is 2. The van der Waals surface area contributed by atoms with E-state index in [0.717, 1.165) is 11.3 Å². The number of furan rings is 1. The fraction of sp³-hybridized carbons (Fsp3) is 0.0588. The molecule has 0 spiro atoms. The van der Waals surface area contributed by atoms with Crippen LogP contribution in [0.3, 0.4) is 0 Å². The molecule has 3 aromatic rings. The number of aryl methyl sites for hydroxylation is 1. The molecule has 0 bridgehead atoms. The Kier molecular flexibility index (Phi) is 4.71. The zero-order chi connectivity index (χ0) is 17.8. The van der Waals surface area contributed by atoms with E-state index >= 15 is 0 Å². The molecule has 2 aromatic heterocycles. The lowest BCUT2D eigenvalue weighted by Gasteiger charge is -1.97. The molecular weight excluding hydrogens is 342 g/mol. The molecule has 1 aromatic carbocycles. The first-order valence-electron chi connectivity index (χ1n) is 7.27. The third kappa shape index (κ3) is 4.18. The Morgan fingerprint density at radius 1 is 1.28 bits per heavy atom.